The molecule has 6 nitrogen and oxygen atoms in total. The molecule has 0 amide bonds. The van der Waals surface area contributed by atoms with Gasteiger partial charge in [0, 0.05) is 19.3 Å². The van der Waals surface area contributed by atoms with Crippen LogP contribution in [0.25, 0.3) is 0 Å². The van der Waals surface area contributed by atoms with Crippen molar-refractivity contribution in [2.45, 2.75) is 336 Å². The van der Waals surface area contributed by atoms with Gasteiger partial charge in [0.1, 0.15) is 13.2 Å². The zero-order valence-corrected chi connectivity index (χ0v) is 43.8. The maximum Gasteiger partial charge on any atom is 0.306 e. The summed E-state index contributed by atoms with van der Waals surface area (Å²) in [4.78, 5) is 38.1. The molecule has 0 aromatic heterocycles. The predicted octanol–water partition coefficient (Wildman–Crippen LogP) is 19.0. The lowest BCUT2D eigenvalue weighted by Gasteiger charge is -2.18. The van der Waals surface area contributed by atoms with Gasteiger partial charge >= 0.3 is 17.9 Å². The zero-order valence-electron chi connectivity index (χ0n) is 43.8. The molecule has 0 aliphatic rings. The topological polar surface area (TPSA) is 78.9 Å². The molecule has 0 fully saturated rings. The number of unbranched alkanes of at least 4 members (excludes halogenated alkanes) is 40. The highest BCUT2D eigenvalue weighted by molar-refractivity contribution is 5.71. The van der Waals surface area contributed by atoms with Crippen LogP contribution in [0.2, 0.25) is 0 Å². The van der Waals surface area contributed by atoms with Crippen molar-refractivity contribution in [1.82, 2.24) is 0 Å². The first kappa shape index (κ1) is 62.4. The molecule has 0 aromatic carbocycles. The minimum absolute atomic E-state index is 0.0619. The van der Waals surface area contributed by atoms with E-state index in [1.165, 1.54) is 225 Å². The van der Waals surface area contributed by atoms with Crippen molar-refractivity contribution in [3.05, 3.63) is 0 Å². The van der Waals surface area contributed by atoms with Gasteiger partial charge in [0.15, 0.2) is 6.10 Å². The summed E-state index contributed by atoms with van der Waals surface area (Å²) in [6.07, 6.45) is 56.6. The summed E-state index contributed by atoms with van der Waals surface area (Å²) in [5.74, 6) is -0.00135. The van der Waals surface area contributed by atoms with Crippen LogP contribution in [0.5, 0.6) is 0 Å². The number of carbonyl (C=O) groups is 3. The van der Waals surface area contributed by atoms with Crippen LogP contribution < -0.4 is 0 Å². The maximum atomic E-state index is 12.8. The number of esters is 3. The van der Waals surface area contributed by atoms with Gasteiger partial charge in [-0.1, -0.05) is 291 Å². The Hall–Kier alpha value is -1.59. The molecule has 0 N–H and O–H groups in total. The Morgan fingerprint density at radius 2 is 0.516 bits per heavy atom. The van der Waals surface area contributed by atoms with Gasteiger partial charge in [-0.3, -0.25) is 14.4 Å². The number of carbonyl (C=O) groups excluding carboxylic acids is 3. The number of ether oxygens (including phenoxy) is 3. The van der Waals surface area contributed by atoms with Gasteiger partial charge in [0.05, 0.1) is 0 Å². The molecule has 0 saturated carbocycles. The van der Waals surface area contributed by atoms with E-state index in [0.29, 0.717) is 19.3 Å². The third-order valence-electron chi connectivity index (χ3n) is 13.3. The van der Waals surface area contributed by atoms with Gasteiger partial charge in [-0.2, -0.15) is 0 Å². The van der Waals surface area contributed by atoms with E-state index in [1.54, 1.807) is 0 Å². The molecular weight excluding hydrogens is 793 g/mol. The van der Waals surface area contributed by atoms with Gasteiger partial charge in [0.2, 0.25) is 0 Å². The van der Waals surface area contributed by atoms with E-state index in [2.05, 4.69) is 27.7 Å². The Kier molecular flexibility index (Phi) is 51.1. The van der Waals surface area contributed by atoms with Crippen molar-refractivity contribution in [3.63, 3.8) is 0 Å². The molecule has 380 valence electrons. The molecule has 0 aliphatic carbocycles. The molecule has 64 heavy (non-hydrogen) atoms. The quantitative estimate of drug-likeness (QED) is 0.0344. The lowest BCUT2D eigenvalue weighted by atomic mass is 10.0. The zero-order chi connectivity index (χ0) is 46.7. The second-order valence-corrected chi connectivity index (χ2v) is 20.4. The normalized spacial score (nSPS) is 12.0. The van der Waals surface area contributed by atoms with E-state index in [1.807, 2.05) is 0 Å². The Morgan fingerprint density at radius 3 is 0.766 bits per heavy atom. The smallest absolute Gasteiger partial charge is 0.306 e. The van der Waals surface area contributed by atoms with Crippen molar-refractivity contribution in [2.75, 3.05) is 13.2 Å². The van der Waals surface area contributed by atoms with Crippen LogP contribution in [-0.4, -0.2) is 37.2 Å². The van der Waals surface area contributed by atoms with Crippen molar-refractivity contribution in [1.29, 1.82) is 0 Å². The summed E-state index contributed by atoms with van der Waals surface area (Å²) in [6.45, 7) is 9.06. The first-order chi connectivity index (χ1) is 31.4. The van der Waals surface area contributed by atoms with Gasteiger partial charge in [0.25, 0.3) is 0 Å². The van der Waals surface area contributed by atoms with Gasteiger partial charge in [-0.05, 0) is 25.2 Å². The van der Waals surface area contributed by atoms with Crippen LogP contribution in [0.15, 0.2) is 0 Å². The average Bonchev–Trinajstić information content (AvgIpc) is 3.28. The summed E-state index contributed by atoms with van der Waals surface area (Å²) < 4.78 is 16.9. The SMILES string of the molecule is CCCCCCCCCCCCCCCCCCCC(=O)O[C@H](COC(=O)CCCCCCCCCCCCCCCC)COC(=O)CCCCCCCCCCCCCCC(C)C. The third kappa shape index (κ3) is 51.4. The van der Waals surface area contributed by atoms with E-state index < -0.39 is 6.10 Å². The van der Waals surface area contributed by atoms with E-state index in [0.717, 1.165) is 63.7 Å². The van der Waals surface area contributed by atoms with E-state index in [4.69, 9.17) is 14.2 Å². The Labute approximate surface area is 399 Å². The number of hydrogen-bond acceptors (Lipinski definition) is 6. The number of rotatable bonds is 53. The highest BCUT2D eigenvalue weighted by Crippen LogP contribution is 2.18. The molecule has 0 rings (SSSR count). The molecule has 0 saturated heterocycles. The van der Waals surface area contributed by atoms with E-state index in [-0.39, 0.29) is 31.1 Å². The molecule has 0 bridgehead atoms. The summed E-state index contributed by atoms with van der Waals surface area (Å²) in [5, 5.41) is 0. The molecule has 0 radical (unpaired) electrons. The predicted molar refractivity (Wildman–Crippen MR) is 275 cm³/mol. The summed E-state index contributed by atoms with van der Waals surface area (Å²) in [5.41, 5.74) is 0. The van der Waals surface area contributed by atoms with Crippen molar-refractivity contribution >= 4 is 17.9 Å². The lowest BCUT2D eigenvalue weighted by Crippen LogP contribution is -2.30. The van der Waals surface area contributed by atoms with Crippen LogP contribution in [0.1, 0.15) is 329 Å². The Morgan fingerprint density at radius 1 is 0.297 bits per heavy atom. The average molecular weight is 906 g/mol. The standard InChI is InChI=1S/C58H112O6/c1-5-7-9-11-13-15-17-19-21-22-23-25-31-35-39-43-47-51-58(61)64-55(52-62-56(59)49-45-41-37-33-29-24-20-18-16-14-12-10-8-6-2)53-63-57(60)50-46-42-38-34-30-27-26-28-32-36-40-44-48-54(3)4/h54-55H,5-53H2,1-4H3/t55-/m1/s1. The van der Waals surface area contributed by atoms with Crippen LogP contribution in [0.3, 0.4) is 0 Å². The molecule has 0 aromatic rings. The molecule has 0 heterocycles. The summed E-state index contributed by atoms with van der Waals surface area (Å²) in [7, 11) is 0. The largest absolute Gasteiger partial charge is 0.462 e. The Bertz CT molecular complexity index is 964. The summed E-state index contributed by atoms with van der Waals surface area (Å²) in [6, 6.07) is 0. The van der Waals surface area contributed by atoms with Crippen LogP contribution in [0, 0.1) is 5.92 Å². The molecule has 6 heteroatoms. The third-order valence-corrected chi connectivity index (χ3v) is 13.3. The monoisotopic (exact) mass is 905 g/mol. The second kappa shape index (κ2) is 52.4. The fourth-order valence-corrected chi connectivity index (χ4v) is 8.92. The number of hydrogen-bond donors (Lipinski definition) is 0. The molecule has 0 aliphatic heterocycles. The molecule has 0 unspecified atom stereocenters. The van der Waals surface area contributed by atoms with Crippen LogP contribution >= 0.6 is 0 Å². The van der Waals surface area contributed by atoms with E-state index in [9.17, 15) is 14.4 Å². The van der Waals surface area contributed by atoms with Crippen LogP contribution in [0.4, 0.5) is 0 Å². The minimum Gasteiger partial charge on any atom is -0.462 e. The highest BCUT2D eigenvalue weighted by Gasteiger charge is 2.19. The lowest BCUT2D eigenvalue weighted by molar-refractivity contribution is -0.167. The van der Waals surface area contributed by atoms with Gasteiger partial charge < -0.3 is 14.2 Å². The van der Waals surface area contributed by atoms with Crippen molar-refractivity contribution in [3.8, 4) is 0 Å². The van der Waals surface area contributed by atoms with Crippen molar-refractivity contribution in [2.24, 2.45) is 5.92 Å². The van der Waals surface area contributed by atoms with Crippen molar-refractivity contribution < 1.29 is 28.6 Å². The molecule has 1 atom stereocenters. The fraction of sp³-hybridized carbons (Fsp3) is 0.948. The Balaban J connectivity index is 4.30. The first-order valence-electron chi connectivity index (χ1n) is 28.9. The van der Waals surface area contributed by atoms with Gasteiger partial charge in [-0.15, -0.1) is 0 Å². The highest BCUT2D eigenvalue weighted by atomic mass is 16.6. The molecular formula is C58H112O6. The fourth-order valence-electron chi connectivity index (χ4n) is 8.92. The molecule has 0 spiro atoms. The van der Waals surface area contributed by atoms with Gasteiger partial charge in [-0.25, -0.2) is 0 Å². The first-order valence-corrected chi connectivity index (χ1v) is 28.9. The van der Waals surface area contributed by atoms with E-state index >= 15 is 0 Å². The minimum atomic E-state index is -0.762. The summed E-state index contributed by atoms with van der Waals surface area (Å²) >= 11 is 0. The maximum absolute atomic E-state index is 12.8. The second-order valence-electron chi connectivity index (χ2n) is 20.4. The van der Waals surface area contributed by atoms with Crippen LogP contribution in [-0.2, 0) is 28.6 Å².